The van der Waals surface area contributed by atoms with Crippen LogP contribution in [0.3, 0.4) is 0 Å². The maximum atomic E-state index is 7.69. The van der Waals surface area contributed by atoms with Crippen molar-refractivity contribution in [1.82, 2.24) is 9.88 Å². The number of nitrogens with one attached hydrogen (secondary N) is 1. The molecule has 0 aliphatic carbocycles. The largest absolute Gasteiger partial charge is 0.384 e. The first-order chi connectivity index (χ1) is 8.95. The topological polar surface area (TPSA) is 69.2 Å². The highest BCUT2D eigenvalue weighted by atomic mass is 15.2. The Bertz CT molecular complexity index is 428. The van der Waals surface area contributed by atoms with Crippen LogP contribution in [0.5, 0.6) is 0 Å². The second-order valence-corrected chi connectivity index (χ2v) is 5.03. The fraction of sp³-hybridized carbons (Fsp3) is 0.571. The lowest BCUT2D eigenvalue weighted by Crippen LogP contribution is -2.34. The van der Waals surface area contributed by atoms with Gasteiger partial charge in [0.2, 0.25) is 0 Å². The predicted molar refractivity (Wildman–Crippen MR) is 81.0 cm³/mol. The van der Waals surface area contributed by atoms with Crippen molar-refractivity contribution in [3.8, 4) is 0 Å². The molecule has 0 bridgehead atoms. The van der Waals surface area contributed by atoms with Crippen LogP contribution in [-0.2, 0) is 0 Å². The Morgan fingerprint density at radius 1 is 1.26 bits per heavy atom. The van der Waals surface area contributed by atoms with E-state index in [-0.39, 0.29) is 5.84 Å². The number of pyridine rings is 1. The normalized spacial score (nSPS) is 10.8. The Kier molecular flexibility index (Phi) is 5.76. The summed E-state index contributed by atoms with van der Waals surface area (Å²) < 4.78 is 0. The second kappa shape index (κ2) is 7.09. The molecule has 0 atom stereocenters. The van der Waals surface area contributed by atoms with Crippen molar-refractivity contribution in [3.63, 3.8) is 0 Å². The van der Waals surface area contributed by atoms with Gasteiger partial charge in [0.15, 0.2) is 0 Å². The van der Waals surface area contributed by atoms with Crippen molar-refractivity contribution < 1.29 is 0 Å². The van der Waals surface area contributed by atoms with Gasteiger partial charge in [0.1, 0.15) is 11.7 Å². The Labute approximate surface area is 115 Å². The molecule has 5 heteroatoms. The quantitative estimate of drug-likeness (QED) is 0.577. The summed E-state index contributed by atoms with van der Waals surface area (Å²) in [4.78, 5) is 8.93. The zero-order valence-corrected chi connectivity index (χ0v) is 12.4. The summed E-state index contributed by atoms with van der Waals surface area (Å²) in [6.45, 7) is 6.87. The number of rotatable bonds is 7. The highest BCUT2D eigenvalue weighted by Gasteiger charge is 2.14. The molecule has 0 fully saturated rings. The number of anilines is 1. The summed E-state index contributed by atoms with van der Waals surface area (Å²) in [5.74, 6) is 0.907. The molecule has 1 aromatic heterocycles. The molecular formula is C14H25N5. The fourth-order valence-electron chi connectivity index (χ4n) is 1.91. The molecule has 0 saturated heterocycles. The van der Waals surface area contributed by atoms with Crippen molar-refractivity contribution in [2.75, 3.05) is 38.6 Å². The standard InChI is InChI=1S/C14H25N5/c1-5-8-19(10-9-18(3)4)14-12(13(15)16)7-6-11(2)17-14/h6-7H,5,8-10H2,1-4H3,(H3,15,16). The SMILES string of the molecule is CCCN(CCN(C)C)c1nc(C)ccc1C(=N)N. The van der Waals surface area contributed by atoms with Crippen LogP contribution < -0.4 is 10.6 Å². The molecule has 0 aliphatic heterocycles. The molecule has 0 spiro atoms. The van der Waals surface area contributed by atoms with E-state index in [0.29, 0.717) is 0 Å². The molecule has 106 valence electrons. The fourth-order valence-corrected chi connectivity index (χ4v) is 1.91. The molecule has 5 nitrogen and oxygen atoms in total. The number of nitrogens with zero attached hydrogens (tertiary/aromatic N) is 3. The monoisotopic (exact) mass is 263 g/mol. The van der Waals surface area contributed by atoms with Gasteiger partial charge in [-0.15, -0.1) is 0 Å². The molecular weight excluding hydrogens is 238 g/mol. The van der Waals surface area contributed by atoms with Crippen LogP contribution in [0.25, 0.3) is 0 Å². The van der Waals surface area contributed by atoms with Gasteiger partial charge in [0.25, 0.3) is 0 Å². The molecule has 3 N–H and O–H groups in total. The zero-order valence-electron chi connectivity index (χ0n) is 12.4. The Morgan fingerprint density at radius 3 is 2.47 bits per heavy atom. The lowest BCUT2D eigenvalue weighted by Gasteiger charge is -2.27. The van der Waals surface area contributed by atoms with Crippen molar-refractivity contribution in [1.29, 1.82) is 5.41 Å². The predicted octanol–water partition coefficient (Wildman–Crippen LogP) is 1.45. The van der Waals surface area contributed by atoms with E-state index in [0.717, 1.165) is 43.1 Å². The molecule has 0 radical (unpaired) electrons. The molecule has 0 unspecified atom stereocenters. The minimum Gasteiger partial charge on any atom is -0.384 e. The smallest absolute Gasteiger partial charge is 0.139 e. The van der Waals surface area contributed by atoms with Crippen molar-refractivity contribution in [2.24, 2.45) is 5.73 Å². The van der Waals surface area contributed by atoms with Crippen LogP contribution >= 0.6 is 0 Å². The molecule has 1 heterocycles. The number of likely N-dealkylation sites (N-methyl/N-ethyl adjacent to an activating group) is 1. The van der Waals surface area contributed by atoms with Crippen molar-refractivity contribution in [3.05, 3.63) is 23.4 Å². The van der Waals surface area contributed by atoms with Crippen LogP contribution in [-0.4, -0.2) is 49.4 Å². The van der Waals surface area contributed by atoms with Gasteiger partial charge in [-0.05, 0) is 39.6 Å². The molecule has 0 amide bonds. The van der Waals surface area contributed by atoms with E-state index in [2.05, 4.69) is 35.8 Å². The van der Waals surface area contributed by atoms with Crippen molar-refractivity contribution in [2.45, 2.75) is 20.3 Å². The number of nitrogens with two attached hydrogens (primary N) is 1. The third-order valence-electron chi connectivity index (χ3n) is 2.91. The van der Waals surface area contributed by atoms with E-state index in [1.807, 2.05) is 19.1 Å². The summed E-state index contributed by atoms with van der Waals surface area (Å²) in [5.41, 5.74) is 7.33. The molecule has 1 rings (SSSR count). The van der Waals surface area contributed by atoms with Gasteiger partial charge in [0, 0.05) is 25.3 Å². The minimum absolute atomic E-state index is 0.0773. The van der Waals surface area contributed by atoms with Crippen LogP contribution in [0.1, 0.15) is 24.6 Å². The van der Waals surface area contributed by atoms with E-state index >= 15 is 0 Å². The summed E-state index contributed by atoms with van der Waals surface area (Å²) in [6, 6.07) is 3.79. The molecule has 0 aliphatic rings. The average molecular weight is 263 g/mol. The number of nitrogen functional groups attached to an aromatic ring is 1. The van der Waals surface area contributed by atoms with E-state index in [9.17, 15) is 0 Å². The number of aromatic nitrogens is 1. The maximum absolute atomic E-state index is 7.69. The van der Waals surface area contributed by atoms with Crippen LogP contribution in [0, 0.1) is 12.3 Å². The van der Waals surface area contributed by atoms with Gasteiger partial charge >= 0.3 is 0 Å². The maximum Gasteiger partial charge on any atom is 0.139 e. The minimum atomic E-state index is 0.0773. The van der Waals surface area contributed by atoms with Crippen molar-refractivity contribution >= 4 is 11.7 Å². The average Bonchev–Trinajstić information content (AvgIpc) is 2.33. The van der Waals surface area contributed by atoms with Gasteiger partial charge in [0.05, 0.1) is 5.56 Å². The number of aryl methyl sites for hydroxylation is 1. The van der Waals surface area contributed by atoms with Crippen LogP contribution in [0.15, 0.2) is 12.1 Å². The van der Waals surface area contributed by atoms with Crippen LogP contribution in [0.4, 0.5) is 5.82 Å². The number of amidine groups is 1. The Morgan fingerprint density at radius 2 is 1.95 bits per heavy atom. The van der Waals surface area contributed by atoms with Gasteiger partial charge in [-0.2, -0.15) is 0 Å². The summed E-state index contributed by atoms with van der Waals surface area (Å²) in [6.07, 6.45) is 1.04. The van der Waals surface area contributed by atoms with Gasteiger partial charge < -0.3 is 15.5 Å². The number of hydrogen-bond acceptors (Lipinski definition) is 4. The highest BCUT2D eigenvalue weighted by Crippen LogP contribution is 2.18. The van der Waals surface area contributed by atoms with Gasteiger partial charge in [-0.3, -0.25) is 5.41 Å². The van der Waals surface area contributed by atoms with Gasteiger partial charge in [-0.25, -0.2) is 4.98 Å². The van der Waals surface area contributed by atoms with Crippen LogP contribution in [0.2, 0.25) is 0 Å². The second-order valence-electron chi connectivity index (χ2n) is 5.03. The molecule has 0 saturated carbocycles. The highest BCUT2D eigenvalue weighted by molar-refractivity contribution is 5.99. The first-order valence-corrected chi connectivity index (χ1v) is 6.67. The van der Waals surface area contributed by atoms with E-state index < -0.39 is 0 Å². The summed E-state index contributed by atoms with van der Waals surface area (Å²) in [7, 11) is 4.11. The molecule has 19 heavy (non-hydrogen) atoms. The third kappa shape index (κ3) is 4.52. The molecule has 1 aromatic rings. The Balaban J connectivity index is 3.05. The zero-order chi connectivity index (χ0) is 14.4. The summed E-state index contributed by atoms with van der Waals surface area (Å²) in [5, 5.41) is 7.69. The first kappa shape index (κ1) is 15.4. The number of hydrogen-bond donors (Lipinski definition) is 2. The summed E-state index contributed by atoms with van der Waals surface area (Å²) >= 11 is 0. The lowest BCUT2D eigenvalue weighted by molar-refractivity contribution is 0.412. The van der Waals surface area contributed by atoms with Gasteiger partial charge in [-0.1, -0.05) is 6.92 Å². The molecule has 0 aromatic carbocycles. The van der Waals surface area contributed by atoms with E-state index in [1.54, 1.807) is 0 Å². The third-order valence-corrected chi connectivity index (χ3v) is 2.91. The first-order valence-electron chi connectivity index (χ1n) is 6.67. The Hall–Kier alpha value is -1.62. The lowest BCUT2D eigenvalue weighted by atomic mass is 10.2. The van der Waals surface area contributed by atoms with E-state index in [1.165, 1.54) is 0 Å². The van der Waals surface area contributed by atoms with E-state index in [4.69, 9.17) is 11.1 Å².